The summed E-state index contributed by atoms with van der Waals surface area (Å²) in [7, 11) is 4.51. The Morgan fingerprint density at radius 3 is 1.67 bits per heavy atom. The first-order valence-electron chi connectivity index (χ1n) is 4.85. The van der Waals surface area contributed by atoms with Crippen LogP contribution in [0, 0.1) is 0 Å². The van der Waals surface area contributed by atoms with Crippen molar-refractivity contribution in [1.29, 1.82) is 0 Å². The Labute approximate surface area is 126 Å². The lowest BCUT2D eigenvalue weighted by Gasteiger charge is -2.21. The number of methoxy groups -OCH3 is 3. The second kappa shape index (κ2) is 6.29. The predicted molar refractivity (Wildman–Crippen MR) is 75.0 cm³/mol. The Morgan fingerprint density at radius 2 is 1.39 bits per heavy atom. The molecule has 1 rings (SSSR count). The Balaban J connectivity index is 3.32. The molecular weight excluding hydrogens is 322 g/mol. The summed E-state index contributed by atoms with van der Waals surface area (Å²) in [6, 6.07) is 3.28. The highest BCUT2D eigenvalue weighted by molar-refractivity contribution is 6.70. The summed E-state index contributed by atoms with van der Waals surface area (Å²) in [6.07, 6.45) is 0. The molecule has 0 radical (unpaired) electrons. The monoisotopic (exact) mass is 332 g/mol. The molecule has 0 heterocycles. The number of hydrogen-bond donors (Lipinski definition) is 0. The van der Waals surface area contributed by atoms with Gasteiger partial charge in [-0.3, -0.25) is 0 Å². The quantitative estimate of drug-likeness (QED) is 0.766. The molecular formula is C11H12Cl4O3. The summed E-state index contributed by atoms with van der Waals surface area (Å²) in [5.41, 5.74) is 0.561. The molecule has 18 heavy (non-hydrogen) atoms. The molecule has 3 nitrogen and oxygen atoms in total. The van der Waals surface area contributed by atoms with Gasteiger partial charge in [-0.2, -0.15) is 0 Å². The van der Waals surface area contributed by atoms with Gasteiger partial charge < -0.3 is 14.2 Å². The smallest absolute Gasteiger partial charge is 0.210 e. The van der Waals surface area contributed by atoms with Crippen LogP contribution in [0.5, 0.6) is 17.2 Å². The van der Waals surface area contributed by atoms with Crippen molar-refractivity contribution in [2.75, 3.05) is 21.3 Å². The van der Waals surface area contributed by atoms with Gasteiger partial charge in [0.2, 0.25) is 9.54 Å². The highest BCUT2D eigenvalue weighted by Crippen LogP contribution is 2.48. The molecule has 1 unspecified atom stereocenters. The standard InChI is InChI=1S/C11H12Cl4O3/c1-16-7-4-6(10(12)11(13,14)15)5-8(17-2)9(7)18-3/h4-5,10H,1-3H3. The third kappa shape index (κ3) is 3.41. The number of hydrogen-bond acceptors (Lipinski definition) is 3. The lowest BCUT2D eigenvalue weighted by atomic mass is 10.1. The molecule has 0 aromatic heterocycles. The fourth-order valence-electron chi connectivity index (χ4n) is 1.44. The Hall–Kier alpha value is -0.220. The lowest BCUT2D eigenvalue weighted by Crippen LogP contribution is -2.12. The number of rotatable bonds is 4. The topological polar surface area (TPSA) is 27.7 Å². The molecule has 0 N–H and O–H groups in total. The first-order chi connectivity index (χ1) is 8.35. The minimum absolute atomic E-state index is 0.451. The van der Waals surface area contributed by atoms with Gasteiger partial charge in [0.1, 0.15) is 5.38 Å². The highest BCUT2D eigenvalue weighted by atomic mass is 35.6. The van der Waals surface area contributed by atoms with Crippen molar-refractivity contribution in [3.63, 3.8) is 0 Å². The van der Waals surface area contributed by atoms with E-state index >= 15 is 0 Å². The number of alkyl halides is 4. The van der Waals surface area contributed by atoms with E-state index in [1.165, 1.54) is 21.3 Å². The first kappa shape index (κ1) is 15.8. The van der Waals surface area contributed by atoms with Crippen LogP contribution in [-0.4, -0.2) is 25.1 Å². The van der Waals surface area contributed by atoms with Crippen LogP contribution in [0.4, 0.5) is 0 Å². The SMILES string of the molecule is COc1cc(C(Cl)C(Cl)(Cl)Cl)cc(OC)c1OC. The molecule has 0 aliphatic heterocycles. The Kier molecular flexibility index (Phi) is 5.53. The van der Waals surface area contributed by atoms with Crippen molar-refractivity contribution in [3.8, 4) is 17.2 Å². The van der Waals surface area contributed by atoms with E-state index in [1.54, 1.807) is 12.1 Å². The minimum Gasteiger partial charge on any atom is -0.493 e. The molecule has 0 aliphatic rings. The van der Waals surface area contributed by atoms with Crippen LogP contribution in [0.2, 0.25) is 0 Å². The molecule has 0 amide bonds. The average Bonchev–Trinajstić information content (AvgIpc) is 2.34. The molecule has 1 atom stereocenters. The summed E-state index contributed by atoms with van der Waals surface area (Å²) in [5, 5.41) is -0.837. The van der Waals surface area contributed by atoms with E-state index < -0.39 is 9.17 Å². The van der Waals surface area contributed by atoms with Crippen molar-refractivity contribution in [2.45, 2.75) is 9.17 Å². The fourth-order valence-corrected chi connectivity index (χ4v) is 1.94. The molecule has 0 aliphatic carbocycles. The van der Waals surface area contributed by atoms with E-state index in [-0.39, 0.29) is 0 Å². The van der Waals surface area contributed by atoms with Crippen molar-refractivity contribution in [2.24, 2.45) is 0 Å². The van der Waals surface area contributed by atoms with Crippen LogP contribution in [-0.2, 0) is 0 Å². The van der Waals surface area contributed by atoms with E-state index in [4.69, 9.17) is 60.6 Å². The molecule has 1 aromatic rings. The van der Waals surface area contributed by atoms with Crippen molar-refractivity contribution < 1.29 is 14.2 Å². The summed E-state index contributed by atoms with van der Waals surface area (Å²) < 4.78 is 13.9. The minimum atomic E-state index is -1.63. The van der Waals surface area contributed by atoms with Crippen LogP contribution >= 0.6 is 46.4 Å². The van der Waals surface area contributed by atoms with Crippen LogP contribution in [0.15, 0.2) is 12.1 Å². The molecule has 0 saturated carbocycles. The predicted octanol–water partition coefficient (Wildman–Crippen LogP) is 4.36. The maximum Gasteiger partial charge on any atom is 0.210 e. The number of benzene rings is 1. The molecule has 7 heteroatoms. The number of halogens is 4. The summed E-state index contributed by atoms with van der Waals surface area (Å²) >= 11 is 23.4. The maximum absolute atomic E-state index is 6.09. The Bertz CT molecular complexity index is 392. The van der Waals surface area contributed by atoms with Gasteiger partial charge in [0.05, 0.1) is 21.3 Å². The molecule has 0 spiro atoms. The van der Waals surface area contributed by atoms with Gasteiger partial charge in [0, 0.05) is 0 Å². The lowest BCUT2D eigenvalue weighted by molar-refractivity contribution is 0.323. The van der Waals surface area contributed by atoms with E-state index in [2.05, 4.69) is 0 Å². The van der Waals surface area contributed by atoms with Crippen molar-refractivity contribution >= 4 is 46.4 Å². The third-order valence-corrected chi connectivity index (χ3v) is 3.84. The van der Waals surface area contributed by atoms with Crippen molar-refractivity contribution in [1.82, 2.24) is 0 Å². The molecule has 1 aromatic carbocycles. The van der Waals surface area contributed by atoms with Gasteiger partial charge in [-0.1, -0.05) is 34.8 Å². The van der Waals surface area contributed by atoms with Gasteiger partial charge in [-0.25, -0.2) is 0 Å². The van der Waals surface area contributed by atoms with E-state index in [0.717, 1.165) is 0 Å². The summed E-state index contributed by atoms with van der Waals surface area (Å²) in [6.45, 7) is 0. The zero-order chi connectivity index (χ0) is 13.9. The van der Waals surface area contributed by atoms with Crippen molar-refractivity contribution in [3.05, 3.63) is 17.7 Å². The maximum atomic E-state index is 6.09. The van der Waals surface area contributed by atoms with Gasteiger partial charge in [0.15, 0.2) is 11.5 Å². The second-order valence-electron chi connectivity index (χ2n) is 3.36. The van der Waals surface area contributed by atoms with Gasteiger partial charge >= 0.3 is 0 Å². The fraction of sp³-hybridized carbons (Fsp3) is 0.455. The summed E-state index contributed by atoms with van der Waals surface area (Å²) in [5.74, 6) is 1.36. The molecule has 0 bridgehead atoms. The van der Waals surface area contributed by atoms with Crippen LogP contribution < -0.4 is 14.2 Å². The van der Waals surface area contributed by atoms with E-state index in [9.17, 15) is 0 Å². The van der Waals surface area contributed by atoms with Crippen LogP contribution in [0.3, 0.4) is 0 Å². The van der Waals surface area contributed by atoms with Crippen LogP contribution in [0.25, 0.3) is 0 Å². The molecule has 0 saturated heterocycles. The average molecular weight is 334 g/mol. The van der Waals surface area contributed by atoms with Gasteiger partial charge in [-0.05, 0) is 17.7 Å². The molecule has 0 fully saturated rings. The highest BCUT2D eigenvalue weighted by Gasteiger charge is 2.33. The number of ether oxygens (including phenoxy) is 3. The molecule has 102 valence electrons. The zero-order valence-electron chi connectivity index (χ0n) is 9.97. The van der Waals surface area contributed by atoms with Gasteiger partial charge in [0.25, 0.3) is 0 Å². The van der Waals surface area contributed by atoms with Crippen LogP contribution in [0.1, 0.15) is 10.9 Å². The normalized spacial score (nSPS) is 13.1. The summed E-state index contributed by atoms with van der Waals surface area (Å²) in [4.78, 5) is 0. The largest absolute Gasteiger partial charge is 0.493 e. The van der Waals surface area contributed by atoms with E-state index in [1.807, 2.05) is 0 Å². The first-order valence-corrected chi connectivity index (χ1v) is 6.42. The van der Waals surface area contributed by atoms with Gasteiger partial charge in [-0.15, -0.1) is 11.6 Å². The van der Waals surface area contributed by atoms with E-state index in [0.29, 0.717) is 22.8 Å². The zero-order valence-corrected chi connectivity index (χ0v) is 13.0. The second-order valence-corrected chi connectivity index (χ2v) is 6.17. The Morgan fingerprint density at radius 1 is 0.944 bits per heavy atom. The third-order valence-electron chi connectivity index (χ3n) is 2.27.